The van der Waals surface area contributed by atoms with E-state index in [1.807, 2.05) is 6.07 Å². The fourth-order valence-electron chi connectivity index (χ4n) is 2.63. The molecule has 3 rings (SSSR count). The Bertz CT molecular complexity index is 1170. The summed E-state index contributed by atoms with van der Waals surface area (Å²) in [4.78, 5) is 12.5. The Labute approximate surface area is 205 Å². The van der Waals surface area contributed by atoms with Gasteiger partial charge in [-0.3, -0.25) is 4.79 Å². The first-order valence-electron chi connectivity index (χ1n) is 8.90. The summed E-state index contributed by atoms with van der Waals surface area (Å²) in [5.74, 6) is -0.259. The number of hydrogen-bond acceptors (Lipinski definition) is 3. The Hall–Kier alpha value is -2.41. The minimum absolute atomic E-state index is 0.0499. The maximum Gasteiger partial charge on any atom is 0.266 e. The van der Waals surface area contributed by atoms with E-state index in [0.29, 0.717) is 32.1 Å². The molecule has 0 aliphatic rings. The number of nitrogens with one attached hydrogen (secondary N) is 1. The third-order valence-corrected chi connectivity index (χ3v) is 5.71. The SMILES string of the molecule is N#C/C(=C/c1cc(Br)c(OCc2cccc(F)c2)c(I)c1)C(=O)Nc1ccc(Cl)cc1. The Morgan fingerprint density at radius 2 is 1.97 bits per heavy atom. The quantitative estimate of drug-likeness (QED) is 0.186. The molecule has 8 heteroatoms. The predicted octanol–water partition coefficient (Wildman–Crippen LogP) is 6.97. The van der Waals surface area contributed by atoms with Crippen LogP contribution in [-0.2, 0) is 11.4 Å². The summed E-state index contributed by atoms with van der Waals surface area (Å²) in [5.41, 5.74) is 1.84. The van der Waals surface area contributed by atoms with Gasteiger partial charge in [0.15, 0.2) is 0 Å². The van der Waals surface area contributed by atoms with Crippen molar-refractivity contribution in [2.45, 2.75) is 6.61 Å². The smallest absolute Gasteiger partial charge is 0.266 e. The van der Waals surface area contributed by atoms with Crippen LogP contribution in [0.3, 0.4) is 0 Å². The lowest BCUT2D eigenvalue weighted by atomic mass is 10.1. The first kappa shape index (κ1) is 23.3. The first-order chi connectivity index (χ1) is 14.9. The highest BCUT2D eigenvalue weighted by atomic mass is 127. The van der Waals surface area contributed by atoms with Crippen LogP contribution in [0.5, 0.6) is 5.75 Å². The second-order valence-electron chi connectivity index (χ2n) is 6.36. The van der Waals surface area contributed by atoms with Gasteiger partial charge in [-0.05, 0) is 104 Å². The number of amides is 1. The normalized spacial score (nSPS) is 11.0. The van der Waals surface area contributed by atoms with E-state index in [0.717, 1.165) is 3.57 Å². The predicted molar refractivity (Wildman–Crippen MR) is 131 cm³/mol. The molecule has 1 N–H and O–H groups in total. The minimum atomic E-state index is -0.526. The monoisotopic (exact) mass is 610 g/mol. The molecule has 0 aromatic heterocycles. The molecule has 0 radical (unpaired) electrons. The van der Waals surface area contributed by atoms with Crippen molar-refractivity contribution in [3.8, 4) is 11.8 Å². The highest BCUT2D eigenvalue weighted by molar-refractivity contribution is 14.1. The second kappa shape index (κ2) is 10.8. The number of hydrogen-bond donors (Lipinski definition) is 1. The zero-order chi connectivity index (χ0) is 22.4. The molecule has 0 spiro atoms. The highest BCUT2D eigenvalue weighted by Crippen LogP contribution is 2.33. The number of anilines is 1. The van der Waals surface area contributed by atoms with Gasteiger partial charge in [0.25, 0.3) is 5.91 Å². The summed E-state index contributed by atoms with van der Waals surface area (Å²) in [6, 6.07) is 18.3. The first-order valence-corrected chi connectivity index (χ1v) is 11.2. The molecule has 0 atom stereocenters. The van der Waals surface area contributed by atoms with Crippen molar-refractivity contribution in [3.63, 3.8) is 0 Å². The van der Waals surface area contributed by atoms with Crippen LogP contribution in [0, 0.1) is 20.7 Å². The number of nitriles is 1. The van der Waals surface area contributed by atoms with Crippen LogP contribution >= 0.6 is 50.1 Å². The van der Waals surface area contributed by atoms with Crippen molar-refractivity contribution in [1.82, 2.24) is 0 Å². The Kier molecular flexibility index (Phi) is 8.07. The van der Waals surface area contributed by atoms with Crippen molar-refractivity contribution in [1.29, 1.82) is 5.26 Å². The van der Waals surface area contributed by atoms with Crippen LogP contribution in [0.25, 0.3) is 6.08 Å². The van der Waals surface area contributed by atoms with Crippen molar-refractivity contribution in [2.75, 3.05) is 5.32 Å². The van der Waals surface area contributed by atoms with E-state index in [4.69, 9.17) is 16.3 Å². The summed E-state index contributed by atoms with van der Waals surface area (Å²) in [6.45, 7) is 0.203. The maximum absolute atomic E-state index is 13.3. The molecular weight excluding hydrogens is 598 g/mol. The van der Waals surface area contributed by atoms with E-state index in [2.05, 4.69) is 43.8 Å². The van der Waals surface area contributed by atoms with Crippen LogP contribution in [0.2, 0.25) is 5.02 Å². The fourth-order valence-corrected chi connectivity index (χ4v) is 4.52. The molecule has 0 unspecified atom stereocenters. The van der Waals surface area contributed by atoms with Gasteiger partial charge in [-0.25, -0.2) is 4.39 Å². The van der Waals surface area contributed by atoms with Gasteiger partial charge >= 0.3 is 0 Å². The molecule has 3 aromatic carbocycles. The largest absolute Gasteiger partial charge is 0.487 e. The molecule has 0 saturated heterocycles. The number of rotatable bonds is 6. The van der Waals surface area contributed by atoms with Crippen molar-refractivity contribution < 1.29 is 13.9 Å². The van der Waals surface area contributed by atoms with Gasteiger partial charge in [0, 0.05) is 10.7 Å². The van der Waals surface area contributed by atoms with Gasteiger partial charge < -0.3 is 10.1 Å². The number of nitrogens with zero attached hydrogens (tertiary/aromatic N) is 1. The van der Waals surface area contributed by atoms with E-state index in [9.17, 15) is 14.4 Å². The van der Waals surface area contributed by atoms with E-state index in [-0.39, 0.29) is 18.0 Å². The van der Waals surface area contributed by atoms with Gasteiger partial charge in [0.2, 0.25) is 0 Å². The summed E-state index contributed by atoms with van der Waals surface area (Å²) < 4.78 is 20.6. The number of carbonyl (C=O) groups excluding carboxylic acids is 1. The molecule has 0 saturated carbocycles. The van der Waals surface area contributed by atoms with Gasteiger partial charge in [-0.2, -0.15) is 5.26 Å². The summed E-state index contributed by atoms with van der Waals surface area (Å²) >= 11 is 11.4. The minimum Gasteiger partial charge on any atom is -0.487 e. The molecule has 31 heavy (non-hydrogen) atoms. The van der Waals surface area contributed by atoms with E-state index in [1.165, 1.54) is 18.2 Å². The third-order valence-electron chi connectivity index (χ3n) is 4.07. The van der Waals surface area contributed by atoms with Gasteiger partial charge in [0.1, 0.15) is 29.8 Å². The Morgan fingerprint density at radius 1 is 1.23 bits per heavy atom. The average molecular weight is 612 g/mol. The lowest BCUT2D eigenvalue weighted by molar-refractivity contribution is -0.112. The van der Waals surface area contributed by atoms with Crippen LogP contribution < -0.4 is 10.1 Å². The molecule has 0 aliphatic carbocycles. The molecule has 0 aliphatic heterocycles. The average Bonchev–Trinajstić information content (AvgIpc) is 2.73. The number of carbonyl (C=O) groups is 1. The zero-order valence-electron chi connectivity index (χ0n) is 15.8. The zero-order valence-corrected chi connectivity index (χ0v) is 20.3. The van der Waals surface area contributed by atoms with Gasteiger partial charge in [-0.15, -0.1) is 0 Å². The van der Waals surface area contributed by atoms with Crippen LogP contribution in [0.1, 0.15) is 11.1 Å². The second-order valence-corrected chi connectivity index (χ2v) is 8.82. The van der Waals surface area contributed by atoms with E-state index >= 15 is 0 Å². The van der Waals surface area contributed by atoms with Gasteiger partial charge in [-0.1, -0.05) is 23.7 Å². The lowest BCUT2D eigenvalue weighted by Gasteiger charge is -2.12. The van der Waals surface area contributed by atoms with Crippen molar-refractivity contribution in [2.24, 2.45) is 0 Å². The molecule has 3 aromatic rings. The lowest BCUT2D eigenvalue weighted by Crippen LogP contribution is -2.13. The molecule has 156 valence electrons. The van der Waals surface area contributed by atoms with E-state index < -0.39 is 5.91 Å². The fraction of sp³-hybridized carbons (Fsp3) is 0.0435. The number of benzene rings is 3. The Balaban J connectivity index is 1.76. The van der Waals surface area contributed by atoms with Crippen LogP contribution in [0.15, 0.2) is 70.7 Å². The summed E-state index contributed by atoms with van der Waals surface area (Å²) in [6.07, 6.45) is 1.49. The summed E-state index contributed by atoms with van der Waals surface area (Å²) in [7, 11) is 0. The topological polar surface area (TPSA) is 62.1 Å². The summed E-state index contributed by atoms with van der Waals surface area (Å²) in [5, 5.41) is 12.7. The number of ether oxygens (including phenoxy) is 1. The highest BCUT2D eigenvalue weighted by Gasteiger charge is 2.13. The maximum atomic E-state index is 13.3. The molecule has 0 heterocycles. The van der Waals surface area contributed by atoms with Crippen LogP contribution in [-0.4, -0.2) is 5.91 Å². The van der Waals surface area contributed by atoms with Crippen molar-refractivity contribution in [3.05, 3.63) is 96.2 Å². The molecule has 1 amide bonds. The molecular formula is C23H14BrClFIN2O2. The van der Waals surface area contributed by atoms with E-state index in [1.54, 1.807) is 48.5 Å². The van der Waals surface area contributed by atoms with Crippen LogP contribution in [0.4, 0.5) is 10.1 Å². The Morgan fingerprint density at radius 3 is 2.61 bits per heavy atom. The molecule has 0 bridgehead atoms. The van der Waals surface area contributed by atoms with Crippen molar-refractivity contribution >= 4 is 67.8 Å². The standard InChI is InChI=1S/C23H14BrClFIN2O2/c24-20-10-15(8-16(12-28)23(30)29-19-6-4-17(25)5-7-19)11-21(27)22(20)31-13-14-2-1-3-18(26)9-14/h1-11H,13H2,(H,29,30)/b16-8-. The molecule has 0 fully saturated rings. The number of halogens is 4. The third kappa shape index (κ3) is 6.53. The molecule has 4 nitrogen and oxygen atoms in total. The van der Waals surface area contributed by atoms with Gasteiger partial charge in [0.05, 0.1) is 8.04 Å².